The molecule has 0 N–H and O–H groups in total. The summed E-state index contributed by atoms with van der Waals surface area (Å²) >= 11 is 0. The zero-order chi connectivity index (χ0) is 16.0. The summed E-state index contributed by atoms with van der Waals surface area (Å²) in [4.78, 5) is 23.8. The summed E-state index contributed by atoms with van der Waals surface area (Å²) < 4.78 is 6.11. The van der Waals surface area contributed by atoms with Crippen molar-refractivity contribution < 1.29 is 14.5 Å². The molecule has 0 atom stereocenters. The number of carbonyl (C=O) groups excluding carboxylic acids is 1. The molecule has 0 saturated carbocycles. The first-order valence-electron chi connectivity index (χ1n) is 6.90. The number of rotatable bonds is 8. The molecule has 8 heteroatoms. The Morgan fingerprint density at radius 1 is 1.52 bits per heavy atom. The van der Waals surface area contributed by atoms with E-state index in [1.807, 2.05) is 6.92 Å². The van der Waals surface area contributed by atoms with Gasteiger partial charge in [0.2, 0.25) is 5.82 Å². The Balaban J connectivity index is 2.89. The van der Waals surface area contributed by atoms with Gasteiger partial charge < -0.3 is 9.64 Å². The zero-order valence-electron chi connectivity index (χ0n) is 13.0. The summed E-state index contributed by atoms with van der Waals surface area (Å²) in [5.74, 6) is 0.183. The van der Waals surface area contributed by atoms with Crippen LogP contribution >= 0.6 is 0 Å². The minimum Gasteiger partial charge on any atom is -0.469 e. The highest BCUT2D eigenvalue weighted by molar-refractivity contribution is 5.69. The monoisotopic (exact) mass is 298 g/mol. The van der Waals surface area contributed by atoms with Crippen LogP contribution in [0.3, 0.4) is 0 Å². The third kappa shape index (κ3) is 4.17. The Morgan fingerprint density at radius 3 is 2.71 bits per heavy atom. The molecule has 0 aromatic carbocycles. The van der Waals surface area contributed by atoms with Crippen molar-refractivity contribution in [3.05, 3.63) is 15.8 Å². The average molecular weight is 298 g/mol. The third-order valence-electron chi connectivity index (χ3n) is 3.20. The molecular formula is C13H22N4O4. The number of nitro groups is 1. The first kappa shape index (κ1) is 16.9. The Hall–Kier alpha value is -2.12. The molecule has 21 heavy (non-hydrogen) atoms. The van der Waals surface area contributed by atoms with Crippen LogP contribution in [0.2, 0.25) is 0 Å². The highest BCUT2D eigenvalue weighted by Gasteiger charge is 2.28. The lowest BCUT2D eigenvalue weighted by Gasteiger charge is -2.17. The summed E-state index contributed by atoms with van der Waals surface area (Å²) in [6.07, 6.45) is 2.21. The predicted octanol–water partition coefficient (Wildman–Crippen LogP) is 1.67. The SMILES string of the molecule is CCCc1nn(C)c(N(C)CCCC(=O)OC)c1[N+](=O)[O-]. The summed E-state index contributed by atoms with van der Waals surface area (Å²) in [6.45, 7) is 2.47. The van der Waals surface area contributed by atoms with Crippen molar-refractivity contribution in [2.75, 3.05) is 25.6 Å². The smallest absolute Gasteiger partial charge is 0.334 e. The number of aromatic nitrogens is 2. The van der Waals surface area contributed by atoms with Gasteiger partial charge >= 0.3 is 11.7 Å². The average Bonchev–Trinajstić information content (AvgIpc) is 2.75. The van der Waals surface area contributed by atoms with E-state index in [0.717, 1.165) is 6.42 Å². The molecule has 0 unspecified atom stereocenters. The fourth-order valence-corrected chi connectivity index (χ4v) is 2.25. The lowest BCUT2D eigenvalue weighted by Crippen LogP contribution is -2.23. The predicted molar refractivity (Wildman–Crippen MR) is 78.4 cm³/mol. The second-order valence-electron chi connectivity index (χ2n) is 4.85. The Bertz CT molecular complexity index is 513. The number of esters is 1. The second kappa shape index (κ2) is 7.61. The maximum absolute atomic E-state index is 11.3. The number of hydrogen-bond acceptors (Lipinski definition) is 6. The molecule has 8 nitrogen and oxygen atoms in total. The van der Waals surface area contributed by atoms with E-state index in [9.17, 15) is 14.9 Å². The van der Waals surface area contributed by atoms with E-state index in [2.05, 4.69) is 9.84 Å². The van der Waals surface area contributed by atoms with E-state index < -0.39 is 0 Å². The van der Waals surface area contributed by atoms with E-state index >= 15 is 0 Å². The second-order valence-corrected chi connectivity index (χ2v) is 4.85. The Kier molecular flexibility index (Phi) is 6.13. The summed E-state index contributed by atoms with van der Waals surface area (Å²) in [7, 11) is 4.80. The fourth-order valence-electron chi connectivity index (χ4n) is 2.25. The fraction of sp³-hybridized carbons (Fsp3) is 0.692. The number of carbonyl (C=O) groups is 1. The van der Waals surface area contributed by atoms with Gasteiger partial charge in [0.05, 0.1) is 12.0 Å². The first-order valence-corrected chi connectivity index (χ1v) is 6.90. The first-order chi connectivity index (χ1) is 9.92. The summed E-state index contributed by atoms with van der Waals surface area (Å²) in [5, 5.41) is 15.6. The number of methoxy groups -OCH3 is 1. The summed E-state index contributed by atoms with van der Waals surface area (Å²) in [5.41, 5.74) is 0.555. The maximum atomic E-state index is 11.3. The standard InChI is InChI=1S/C13H22N4O4/c1-5-7-10-12(17(19)20)13(16(3)14-10)15(2)9-6-8-11(18)21-4/h5-9H2,1-4H3. The highest BCUT2D eigenvalue weighted by atomic mass is 16.6. The molecule has 118 valence electrons. The molecular weight excluding hydrogens is 276 g/mol. The molecule has 1 aromatic rings. The van der Waals surface area contributed by atoms with Crippen LogP contribution in [0.15, 0.2) is 0 Å². The van der Waals surface area contributed by atoms with Crippen LogP contribution < -0.4 is 4.90 Å². The lowest BCUT2D eigenvalue weighted by atomic mass is 10.2. The molecule has 0 aliphatic rings. The third-order valence-corrected chi connectivity index (χ3v) is 3.20. The maximum Gasteiger partial charge on any atom is 0.334 e. The largest absolute Gasteiger partial charge is 0.469 e. The number of ether oxygens (including phenoxy) is 1. The van der Waals surface area contributed by atoms with Crippen LogP contribution in [0.1, 0.15) is 31.9 Å². The number of nitrogens with zero attached hydrogens (tertiary/aromatic N) is 4. The van der Waals surface area contributed by atoms with Crippen LogP contribution in [0.25, 0.3) is 0 Å². The molecule has 1 heterocycles. The molecule has 0 amide bonds. The van der Waals surface area contributed by atoms with Gasteiger partial charge in [-0.15, -0.1) is 0 Å². The number of aryl methyl sites for hydroxylation is 2. The van der Waals surface area contributed by atoms with Gasteiger partial charge in [0.15, 0.2) is 0 Å². The molecule has 0 saturated heterocycles. The molecule has 0 radical (unpaired) electrons. The molecule has 0 fully saturated rings. The van der Waals surface area contributed by atoms with Gasteiger partial charge in [0, 0.05) is 27.1 Å². The number of hydrogen-bond donors (Lipinski definition) is 0. The van der Waals surface area contributed by atoms with E-state index in [1.54, 1.807) is 19.0 Å². The minimum absolute atomic E-state index is 0.0555. The normalized spacial score (nSPS) is 10.5. The zero-order valence-corrected chi connectivity index (χ0v) is 13.0. The van der Waals surface area contributed by atoms with Gasteiger partial charge in [-0.2, -0.15) is 5.10 Å². The highest BCUT2D eigenvalue weighted by Crippen LogP contribution is 2.31. The van der Waals surface area contributed by atoms with Gasteiger partial charge in [-0.3, -0.25) is 14.9 Å². The van der Waals surface area contributed by atoms with E-state index in [4.69, 9.17) is 0 Å². The van der Waals surface area contributed by atoms with Gasteiger partial charge in [-0.1, -0.05) is 13.3 Å². The van der Waals surface area contributed by atoms with Crippen molar-refractivity contribution in [2.24, 2.45) is 7.05 Å². The van der Waals surface area contributed by atoms with Crippen LogP contribution in [0, 0.1) is 10.1 Å². The van der Waals surface area contributed by atoms with Gasteiger partial charge in [0.25, 0.3) is 0 Å². The van der Waals surface area contributed by atoms with Crippen molar-refractivity contribution in [2.45, 2.75) is 32.6 Å². The molecule has 0 spiro atoms. The van der Waals surface area contributed by atoms with Crippen molar-refractivity contribution in [1.29, 1.82) is 0 Å². The van der Waals surface area contributed by atoms with Crippen molar-refractivity contribution >= 4 is 17.5 Å². The topological polar surface area (TPSA) is 90.5 Å². The number of anilines is 1. The van der Waals surface area contributed by atoms with Crippen molar-refractivity contribution in [3.8, 4) is 0 Å². The van der Waals surface area contributed by atoms with Crippen LogP contribution in [0.4, 0.5) is 11.5 Å². The van der Waals surface area contributed by atoms with E-state index in [1.165, 1.54) is 11.8 Å². The lowest BCUT2D eigenvalue weighted by molar-refractivity contribution is -0.384. The van der Waals surface area contributed by atoms with Crippen molar-refractivity contribution in [1.82, 2.24) is 9.78 Å². The molecule has 0 aliphatic carbocycles. The minimum atomic E-state index is -0.385. The summed E-state index contributed by atoms with van der Waals surface area (Å²) in [6, 6.07) is 0. The Morgan fingerprint density at radius 2 is 2.19 bits per heavy atom. The quantitative estimate of drug-likeness (QED) is 0.412. The van der Waals surface area contributed by atoms with Crippen LogP contribution in [0.5, 0.6) is 0 Å². The van der Waals surface area contributed by atoms with Gasteiger partial charge in [-0.25, -0.2) is 4.68 Å². The van der Waals surface area contributed by atoms with E-state index in [0.29, 0.717) is 30.9 Å². The van der Waals surface area contributed by atoms with Crippen LogP contribution in [-0.2, 0) is 23.0 Å². The molecule has 0 bridgehead atoms. The molecule has 0 aliphatic heterocycles. The van der Waals surface area contributed by atoms with Crippen LogP contribution in [-0.4, -0.2) is 41.4 Å². The van der Waals surface area contributed by atoms with Gasteiger partial charge in [0.1, 0.15) is 5.69 Å². The van der Waals surface area contributed by atoms with Gasteiger partial charge in [-0.05, 0) is 12.8 Å². The Labute approximate surface area is 123 Å². The molecule has 1 aromatic heterocycles. The molecule has 1 rings (SSSR count). The van der Waals surface area contributed by atoms with Crippen molar-refractivity contribution in [3.63, 3.8) is 0 Å². The van der Waals surface area contributed by atoms with E-state index in [-0.39, 0.29) is 23.0 Å².